The first-order chi connectivity index (χ1) is 20.2. The molecular weight excluding hydrogens is 592 g/mol. The first kappa shape index (κ1) is 28.8. The Bertz CT molecular complexity index is 1530. The number of anilines is 2. The Balaban J connectivity index is 1.35. The molecule has 42 heavy (non-hydrogen) atoms. The van der Waals surface area contributed by atoms with Gasteiger partial charge >= 0.3 is 0 Å². The van der Waals surface area contributed by atoms with E-state index in [-0.39, 0.29) is 40.4 Å². The van der Waals surface area contributed by atoms with Crippen LogP contribution in [0.15, 0.2) is 40.3 Å². The Labute approximate surface area is 245 Å². The summed E-state index contributed by atoms with van der Waals surface area (Å²) in [5.41, 5.74) is 6.01. The Kier molecular flexibility index (Phi) is 8.25. The van der Waals surface area contributed by atoms with Crippen LogP contribution in [-0.2, 0) is 35.4 Å². The third-order valence-electron chi connectivity index (χ3n) is 6.51. The Hall–Kier alpha value is -4.71. The van der Waals surface area contributed by atoms with E-state index in [1.165, 1.54) is 24.3 Å². The molecule has 5 heterocycles. The summed E-state index contributed by atoms with van der Waals surface area (Å²) in [6.07, 6.45) is 3.15. The van der Waals surface area contributed by atoms with Crippen molar-refractivity contribution in [3.05, 3.63) is 40.8 Å². The highest BCUT2D eigenvalue weighted by Gasteiger charge is 2.53. The number of hydrogen-bond acceptors (Lipinski definition) is 13. The average Bonchev–Trinajstić information content (AvgIpc) is 3.58. The number of fused-ring (bicyclic) bond motifs is 1. The largest absolute Gasteiger partial charge is 0.543 e. The molecule has 0 aliphatic carbocycles. The Morgan fingerprint density at radius 2 is 2.19 bits per heavy atom. The summed E-state index contributed by atoms with van der Waals surface area (Å²) in [6.45, 7) is 0.460. The third-order valence-corrected chi connectivity index (χ3v) is 8.52. The number of nitrogens with two attached hydrogens (primary N) is 1. The number of thioether (sulfide) groups is 1. The van der Waals surface area contributed by atoms with Crippen molar-refractivity contribution in [2.75, 3.05) is 30.5 Å². The van der Waals surface area contributed by atoms with Gasteiger partial charge in [-0.1, -0.05) is 5.16 Å². The number of β-lactam (4-membered cyclic amide) rings is 1. The fourth-order valence-corrected chi connectivity index (χ4v) is 6.45. The van der Waals surface area contributed by atoms with Crippen LogP contribution in [0.4, 0.5) is 10.8 Å². The minimum absolute atomic E-state index is 0.0582. The number of rotatable bonds is 11. The highest BCUT2D eigenvalue weighted by molar-refractivity contribution is 8.00. The van der Waals surface area contributed by atoms with Gasteiger partial charge in [-0.05, 0) is 0 Å². The number of aromatic nitrogens is 2. The van der Waals surface area contributed by atoms with Gasteiger partial charge in [0.05, 0.1) is 18.8 Å². The topological polar surface area (TPSA) is 221 Å². The van der Waals surface area contributed by atoms with Crippen molar-refractivity contribution < 1.29 is 43.2 Å². The number of carbonyl (C=O) groups excluding carboxylic acids is 5. The molecule has 3 aliphatic rings. The molecule has 18 heteroatoms. The molecular formula is C24H24N8O8S2. The van der Waals surface area contributed by atoms with E-state index in [4.69, 9.17) is 15.3 Å². The van der Waals surface area contributed by atoms with Crippen molar-refractivity contribution in [3.63, 3.8) is 0 Å². The molecule has 5 rings (SSSR count). The maximum Gasteiger partial charge on any atom is 0.276 e. The lowest BCUT2D eigenvalue weighted by Gasteiger charge is -2.50. The van der Waals surface area contributed by atoms with Crippen molar-refractivity contribution in [3.8, 4) is 5.75 Å². The van der Waals surface area contributed by atoms with Gasteiger partial charge in [-0.3, -0.25) is 24.1 Å². The minimum Gasteiger partial charge on any atom is -0.543 e. The molecule has 3 aliphatic heterocycles. The van der Waals surface area contributed by atoms with Crippen LogP contribution in [0.25, 0.3) is 0 Å². The molecule has 0 saturated carbocycles. The van der Waals surface area contributed by atoms with E-state index < -0.39 is 35.3 Å². The maximum absolute atomic E-state index is 13.3. The number of carboxylic acid groups (broad SMARTS) is 1. The van der Waals surface area contributed by atoms with Gasteiger partial charge in [0, 0.05) is 35.7 Å². The van der Waals surface area contributed by atoms with Gasteiger partial charge in [-0.15, -0.1) is 23.1 Å². The molecule has 0 spiro atoms. The molecule has 0 radical (unpaired) electrons. The zero-order valence-electron chi connectivity index (χ0n) is 21.9. The summed E-state index contributed by atoms with van der Waals surface area (Å²) in [7, 11) is 1.45. The summed E-state index contributed by atoms with van der Waals surface area (Å²) in [5.74, 6) is -2.78. The number of oxime groups is 1. The summed E-state index contributed by atoms with van der Waals surface area (Å²) in [6, 6.07) is 0.504. The number of nitrogens with zero attached hydrogens (tertiary/aromatic N) is 4. The molecule has 220 valence electrons. The van der Waals surface area contributed by atoms with Crippen LogP contribution in [0.1, 0.15) is 12.1 Å². The van der Waals surface area contributed by atoms with E-state index >= 15 is 0 Å². The van der Waals surface area contributed by atoms with Gasteiger partial charge in [-0.25, -0.2) is 4.98 Å². The first-order valence-electron chi connectivity index (χ1n) is 12.4. The molecule has 0 aromatic carbocycles. The number of carboxylic acids is 1. The molecule has 2 fully saturated rings. The van der Waals surface area contributed by atoms with Crippen molar-refractivity contribution in [1.29, 1.82) is 0 Å². The highest BCUT2D eigenvalue weighted by atomic mass is 32.2. The number of ether oxygens (including phenoxy) is 1. The Morgan fingerprint density at radius 1 is 1.38 bits per heavy atom. The predicted octanol–water partition coefficient (Wildman–Crippen LogP) is -2.70. The second-order valence-electron chi connectivity index (χ2n) is 9.18. The van der Waals surface area contributed by atoms with Gasteiger partial charge in [0.2, 0.25) is 18.7 Å². The molecule has 0 unspecified atom stereocenters. The van der Waals surface area contributed by atoms with Gasteiger partial charge in [0.15, 0.2) is 29.3 Å². The second kappa shape index (κ2) is 12.0. The number of methoxy groups -OCH3 is 1. The summed E-state index contributed by atoms with van der Waals surface area (Å²) in [4.78, 5) is 71.9. The van der Waals surface area contributed by atoms with Crippen molar-refractivity contribution in [2.24, 2.45) is 5.16 Å². The number of nitrogens with one attached hydrogen (secondary N) is 3. The van der Waals surface area contributed by atoms with Crippen LogP contribution in [0.5, 0.6) is 5.75 Å². The van der Waals surface area contributed by atoms with Gasteiger partial charge in [0.25, 0.3) is 17.7 Å². The quantitative estimate of drug-likeness (QED) is 0.0669. The smallest absolute Gasteiger partial charge is 0.276 e. The molecule has 16 nitrogen and oxygen atoms in total. The molecule has 3 atom stereocenters. The summed E-state index contributed by atoms with van der Waals surface area (Å²) < 4.78 is 6.86. The monoisotopic (exact) mass is 616 g/mol. The van der Waals surface area contributed by atoms with Crippen molar-refractivity contribution >= 4 is 69.7 Å². The molecule has 2 aromatic heterocycles. The number of aliphatic carboxylic acids is 1. The molecule has 2 aromatic rings. The van der Waals surface area contributed by atoms with Gasteiger partial charge < -0.3 is 41.2 Å². The van der Waals surface area contributed by atoms with Crippen LogP contribution < -0.4 is 36.1 Å². The maximum atomic E-state index is 13.3. The normalized spacial score (nSPS) is 21.7. The Morgan fingerprint density at radius 3 is 2.83 bits per heavy atom. The summed E-state index contributed by atoms with van der Waals surface area (Å²) in [5, 5.41) is 24.7. The van der Waals surface area contributed by atoms with Crippen molar-refractivity contribution in [2.45, 2.75) is 30.5 Å². The molecule has 0 bridgehead atoms. The zero-order chi connectivity index (χ0) is 30.0. The van der Waals surface area contributed by atoms with E-state index in [1.807, 2.05) is 0 Å². The number of pyridine rings is 1. The van der Waals surface area contributed by atoms with E-state index in [0.29, 0.717) is 36.4 Å². The lowest BCUT2D eigenvalue weighted by Crippen LogP contribution is -2.71. The van der Waals surface area contributed by atoms with Crippen molar-refractivity contribution in [1.82, 2.24) is 20.5 Å². The zero-order valence-corrected chi connectivity index (χ0v) is 23.5. The number of nitrogen functional groups attached to an aromatic ring is 1. The fourth-order valence-electron chi connectivity index (χ4n) is 4.57. The van der Waals surface area contributed by atoms with Crippen LogP contribution in [-0.4, -0.2) is 82.6 Å². The van der Waals surface area contributed by atoms with Crippen LogP contribution in [0.2, 0.25) is 0 Å². The predicted molar refractivity (Wildman–Crippen MR) is 145 cm³/mol. The van der Waals surface area contributed by atoms with Crippen LogP contribution >= 0.6 is 23.1 Å². The molecule has 5 N–H and O–H groups in total. The van der Waals surface area contributed by atoms with Gasteiger partial charge in [0.1, 0.15) is 22.8 Å². The third kappa shape index (κ3) is 5.70. The van der Waals surface area contributed by atoms with Gasteiger partial charge in [-0.2, -0.15) is 4.57 Å². The molecule has 2 saturated heterocycles. The number of amides is 4. The summed E-state index contributed by atoms with van der Waals surface area (Å²) >= 11 is 2.31. The number of hydrogen-bond donors (Lipinski definition) is 4. The van der Waals surface area contributed by atoms with E-state index in [2.05, 4.69) is 26.1 Å². The number of thiazole rings is 1. The minimum atomic E-state index is -1.55. The fraction of sp³-hybridized carbons (Fsp3) is 0.333. The first-order valence-corrected chi connectivity index (χ1v) is 14.3. The standard InChI is InChI=1S/C24H24N8O8S2/c1-39-13-4-12(27-10-33)6-31(7-13)5-11-8-41-22-17(21(36)32(22)18(11)23(37)38)29-20(35)16(14-9-42-24(25)28-14)30-40-15-2-3-26-19(15)34/h4,6-7,9-10,15,17,22H,2-3,5,8H2,1H3,(H5-,25,26,27,28,29,33,34,35,37,38)/b30-16-/t15-,17+,22-/m0/s1. The lowest BCUT2D eigenvalue weighted by atomic mass is 10.0. The van der Waals surface area contributed by atoms with Crippen LogP contribution in [0.3, 0.4) is 0 Å². The SMILES string of the molecule is COc1cc(NC=O)c[n+](CC2=C(C(=O)[O-])N3C(=O)[C@@H](NC(=O)/C(=N\O[C@H]4CCNC4=O)c4csc(N)n4)[C@@H]3SC2)c1. The lowest BCUT2D eigenvalue weighted by molar-refractivity contribution is -0.688. The van der Waals surface area contributed by atoms with E-state index in [1.54, 1.807) is 23.0 Å². The van der Waals surface area contributed by atoms with Crippen LogP contribution in [0, 0.1) is 0 Å². The van der Waals surface area contributed by atoms with E-state index in [9.17, 15) is 29.1 Å². The molecule has 4 amide bonds. The van der Waals surface area contributed by atoms with E-state index in [0.717, 1.165) is 16.2 Å². The highest BCUT2D eigenvalue weighted by Crippen LogP contribution is 2.40. The second-order valence-corrected chi connectivity index (χ2v) is 11.2. The number of carbonyl (C=O) groups is 5. The average molecular weight is 617 g/mol.